The molecule has 1 N–H and O–H groups in total. The number of anilines is 1. The zero-order valence-corrected chi connectivity index (χ0v) is 22.1. The molecular weight excluding hydrogens is 501 g/mol. The number of halogens is 3. The number of imidazole rings is 1. The molecule has 0 saturated carbocycles. The fraction of sp³-hybridized carbons (Fsp3) is 0.304. The van der Waals surface area contributed by atoms with Crippen LogP contribution in [0.1, 0.15) is 17.0 Å². The van der Waals surface area contributed by atoms with E-state index in [1.165, 1.54) is 16.1 Å². The maximum atomic E-state index is 5.44. The number of likely N-dealkylation sites (N-methyl/N-ethyl adjacent to an activating group) is 2. The quantitative estimate of drug-likeness (QED) is 0.268. The minimum Gasteiger partial charge on any atom is -0.468 e. The first-order chi connectivity index (χ1) is 14.6. The number of thioether (sulfide) groups is 1. The number of para-hydroxylation sites is 1. The molecule has 1 aromatic carbocycles. The number of benzene rings is 1. The summed E-state index contributed by atoms with van der Waals surface area (Å²) in [5.74, 6) is 1.81. The van der Waals surface area contributed by atoms with E-state index < -0.39 is 0 Å². The fourth-order valence-corrected chi connectivity index (χ4v) is 4.57. The van der Waals surface area contributed by atoms with Crippen molar-refractivity contribution in [1.29, 1.82) is 0 Å². The largest absolute Gasteiger partial charge is 0.468 e. The molecule has 3 aromatic heterocycles. The van der Waals surface area contributed by atoms with E-state index in [9.17, 15) is 0 Å². The van der Waals surface area contributed by atoms with Crippen LogP contribution in [0.4, 0.5) is 5.69 Å². The van der Waals surface area contributed by atoms with Crippen LogP contribution < -0.4 is 4.90 Å². The third-order valence-electron chi connectivity index (χ3n) is 5.29. The minimum absolute atomic E-state index is 0. The van der Waals surface area contributed by atoms with Crippen molar-refractivity contribution in [3.63, 3.8) is 0 Å². The molecule has 10 heteroatoms. The highest BCUT2D eigenvalue weighted by Gasteiger charge is 2.12. The van der Waals surface area contributed by atoms with Crippen LogP contribution in [0.2, 0.25) is 0 Å². The molecule has 0 aliphatic heterocycles. The number of H-pyrrole nitrogens is 1. The smallest absolute Gasteiger partial charge is 0.117 e. The number of nitrogens with zero attached hydrogens (tertiary/aromatic N) is 4. The third kappa shape index (κ3) is 7.29. The Bertz CT molecular complexity index is 1110. The molecule has 33 heavy (non-hydrogen) atoms. The average Bonchev–Trinajstić information content (AvgIpc) is 3.43. The Kier molecular flexibility index (Phi) is 12.1. The summed E-state index contributed by atoms with van der Waals surface area (Å²) >= 11 is 1.78. The summed E-state index contributed by atoms with van der Waals surface area (Å²) in [5.41, 5.74) is 5.66. The van der Waals surface area contributed by atoms with Crippen molar-refractivity contribution in [2.75, 3.05) is 32.1 Å². The van der Waals surface area contributed by atoms with Crippen LogP contribution in [0.15, 0.2) is 64.5 Å². The van der Waals surface area contributed by atoms with Gasteiger partial charge in [0.2, 0.25) is 0 Å². The first-order valence-corrected chi connectivity index (χ1v) is 11.0. The van der Waals surface area contributed by atoms with Crippen molar-refractivity contribution in [3.8, 4) is 0 Å². The lowest BCUT2D eigenvalue weighted by Gasteiger charge is -2.25. The van der Waals surface area contributed by atoms with Crippen LogP contribution in [0.25, 0.3) is 11.0 Å². The van der Waals surface area contributed by atoms with Gasteiger partial charge in [0, 0.05) is 42.7 Å². The summed E-state index contributed by atoms with van der Waals surface area (Å²) in [7, 11) is 4.26. The summed E-state index contributed by atoms with van der Waals surface area (Å²) in [5, 5.41) is 0. The van der Waals surface area contributed by atoms with Gasteiger partial charge in [0.05, 0.1) is 30.3 Å². The lowest BCUT2D eigenvalue weighted by atomic mass is 10.2. The molecule has 0 bridgehead atoms. The second kappa shape index (κ2) is 13.7. The lowest BCUT2D eigenvalue weighted by Crippen LogP contribution is -2.31. The number of hydrogen-bond acceptors (Lipinski definition) is 6. The van der Waals surface area contributed by atoms with Crippen molar-refractivity contribution in [2.24, 2.45) is 0 Å². The van der Waals surface area contributed by atoms with Gasteiger partial charge in [-0.2, -0.15) is 0 Å². The highest BCUT2D eigenvalue weighted by atomic mass is 35.5. The monoisotopic (exact) mass is 529 g/mol. The summed E-state index contributed by atoms with van der Waals surface area (Å²) < 4.78 is 5.44. The van der Waals surface area contributed by atoms with Crippen LogP contribution >= 0.6 is 49.0 Å². The molecule has 0 saturated heterocycles. The van der Waals surface area contributed by atoms with Gasteiger partial charge in [-0.3, -0.25) is 9.88 Å². The number of pyridine rings is 1. The SMILES string of the molecule is Cc1c(N(C)CCN(C)Cc2ccco2)ccnc1CSc1cccc2[nH]cnc12.Cl.Cl.Cl. The fourth-order valence-electron chi connectivity index (χ4n) is 3.52. The number of furan rings is 1. The lowest BCUT2D eigenvalue weighted by molar-refractivity contribution is 0.301. The topological polar surface area (TPSA) is 61.2 Å². The Morgan fingerprint density at radius 3 is 2.58 bits per heavy atom. The van der Waals surface area contributed by atoms with Crippen LogP contribution in [-0.4, -0.2) is 47.0 Å². The van der Waals surface area contributed by atoms with Gasteiger partial charge < -0.3 is 14.3 Å². The summed E-state index contributed by atoms with van der Waals surface area (Å²) in [6.07, 6.45) is 5.38. The van der Waals surface area contributed by atoms with Crippen molar-refractivity contribution in [3.05, 3.63) is 72.2 Å². The Morgan fingerprint density at radius 1 is 1.00 bits per heavy atom. The van der Waals surface area contributed by atoms with Gasteiger partial charge in [-0.1, -0.05) is 6.07 Å². The van der Waals surface area contributed by atoms with Crippen LogP contribution in [-0.2, 0) is 12.3 Å². The third-order valence-corrected chi connectivity index (χ3v) is 6.35. The van der Waals surface area contributed by atoms with Crippen molar-refractivity contribution in [1.82, 2.24) is 19.9 Å². The van der Waals surface area contributed by atoms with Gasteiger partial charge >= 0.3 is 0 Å². The van der Waals surface area contributed by atoms with Crippen molar-refractivity contribution >= 4 is 65.7 Å². The predicted octanol–water partition coefficient (Wildman–Crippen LogP) is 5.99. The molecule has 0 spiro atoms. The zero-order chi connectivity index (χ0) is 20.9. The Morgan fingerprint density at radius 2 is 1.82 bits per heavy atom. The van der Waals surface area contributed by atoms with E-state index in [0.717, 1.165) is 47.9 Å². The molecule has 0 amide bonds. The van der Waals surface area contributed by atoms with E-state index >= 15 is 0 Å². The van der Waals surface area contributed by atoms with Gasteiger partial charge in [0.1, 0.15) is 11.3 Å². The molecule has 3 heterocycles. The molecule has 0 fully saturated rings. The molecule has 6 nitrogen and oxygen atoms in total. The van der Waals surface area contributed by atoms with Crippen molar-refractivity contribution < 1.29 is 4.42 Å². The van der Waals surface area contributed by atoms with E-state index in [0.29, 0.717) is 0 Å². The van der Waals surface area contributed by atoms with Gasteiger partial charge in [-0.05, 0) is 49.9 Å². The number of rotatable bonds is 9. The maximum Gasteiger partial charge on any atom is 0.117 e. The van der Waals surface area contributed by atoms with Crippen LogP contribution in [0.3, 0.4) is 0 Å². The van der Waals surface area contributed by atoms with E-state index in [1.54, 1.807) is 24.4 Å². The number of fused-ring (bicyclic) bond motifs is 1. The number of nitrogens with one attached hydrogen (secondary N) is 1. The summed E-state index contributed by atoms with van der Waals surface area (Å²) in [6, 6.07) is 12.3. The summed E-state index contributed by atoms with van der Waals surface area (Å²) in [4.78, 5) is 18.0. The van der Waals surface area contributed by atoms with E-state index in [4.69, 9.17) is 4.42 Å². The van der Waals surface area contributed by atoms with Gasteiger partial charge in [-0.15, -0.1) is 49.0 Å². The number of hydrogen-bond donors (Lipinski definition) is 1. The summed E-state index contributed by atoms with van der Waals surface area (Å²) in [6.45, 7) is 4.86. The van der Waals surface area contributed by atoms with Crippen LogP contribution in [0, 0.1) is 6.92 Å². The highest BCUT2D eigenvalue weighted by molar-refractivity contribution is 7.98. The zero-order valence-electron chi connectivity index (χ0n) is 18.9. The van der Waals surface area contributed by atoms with Crippen LogP contribution in [0.5, 0.6) is 0 Å². The molecular formula is C23H30Cl3N5OS. The van der Waals surface area contributed by atoms with Gasteiger partial charge in [0.15, 0.2) is 0 Å². The van der Waals surface area contributed by atoms with E-state index in [1.807, 2.05) is 24.4 Å². The highest BCUT2D eigenvalue weighted by Crippen LogP contribution is 2.30. The second-order valence-corrected chi connectivity index (χ2v) is 8.50. The molecule has 4 aromatic rings. The normalized spacial score (nSPS) is 10.4. The predicted molar refractivity (Wildman–Crippen MR) is 145 cm³/mol. The molecule has 4 rings (SSSR count). The molecule has 0 radical (unpaired) electrons. The Hall–Kier alpha value is -1.90. The molecule has 0 aliphatic carbocycles. The van der Waals surface area contributed by atoms with Gasteiger partial charge in [0.25, 0.3) is 0 Å². The first-order valence-electron chi connectivity index (χ1n) is 10.0. The van der Waals surface area contributed by atoms with Gasteiger partial charge in [-0.25, -0.2) is 4.98 Å². The molecule has 0 aliphatic rings. The van der Waals surface area contributed by atoms with E-state index in [-0.39, 0.29) is 37.2 Å². The Labute approximate surface area is 217 Å². The number of aromatic amines is 1. The molecule has 0 unspecified atom stereocenters. The standard InChI is InChI=1S/C23H27N5OS.3ClH/c1-17-20(15-30-22-8-4-7-19-23(22)26-16-25-19)24-10-9-21(17)28(3)12-11-27(2)14-18-6-5-13-29-18;;;/h4-10,13,16H,11-12,14-15H2,1-3H3,(H,25,26);3*1H. The first kappa shape index (κ1) is 29.1. The molecule has 0 atom stereocenters. The van der Waals surface area contributed by atoms with E-state index in [2.05, 4.69) is 64.0 Å². The number of aromatic nitrogens is 3. The Balaban J connectivity index is 0.00000181. The minimum atomic E-state index is 0. The van der Waals surface area contributed by atoms with Crippen molar-refractivity contribution in [2.45, 2.75) is 24.1 Å². The maximum absolute atomic E-state index is 5.44. The average molecular weight is 531 g/mol. The molecule has 180 valence electrons. The second-order valence-electron chi connectivity index (χ2n) is 7.48.